The third-order valence-corrected chi connectivity index (χ3v) is 4.96. The fourth-order valence-electron chi connectivity index (χ4n) is 1.85. The number of aryl methyl sites for hydroxylation is 1. The number of carbonyl (C=O) groups is 1. The molecule has 0 spiro atoms. The largest absolute Gasteiger partial charge is 0.294 e. The highest BCUT2D eigenvalue weighted by molar-refractivity contribution is 8.01. The lowest BCUT2D eigenvalue weighted by Gasteiger charge is -2.04. The van der Waals surface area contributed by atoms with E-state index >= 15 is 0 Å². The molecule has 0 bridgehead atoms. The molecule has 3 rings (SSSR count). The van der Waals surface area contributed by atoms with Crippen molar-refractivity contribution in [3.8, 4) is 0 Å². The highest BCUT2D eigenvalue weighted by Crippen LogP contribution is 2.40. The van der Waals surface area contributed by atoms with Gasteiger partial charge in [0.15, 0.2) is 5.78 Å². The highest BCUT2D eigenvalue weighted by atomic mass is 32.2. The van der Waals surface area contributed by atoms with Gasteiger partial charge in [-0.05, 0) is 35.6 Å². The zero-order valence-corrected chi connectivity index (χ0v) is 10.5. The number of fused-ring (bicyclic) bond motifs is 2. The van der Waals surface area contributed by atoms with Crippen LogP contribution in [0.1, 0.15) is 21.5 Å². The van der Waals surface area contributed by atoms with Gasteiger partial charge in [-0.3, -0.25) is 4.79 Å². The molecule has 0 fully saturated rings. The van der Waals surface area contributed by atoms with Gasteiger partial charge in [0.1, 0.15) is 0 Å². The fraction of sp³-hybridized carbons (Fsp3) is 0.154. The van der Waals surface area contributed by atoms with Crippen LogP contribution >= 0.6 is 23.1 Å². The van der Waals surface area contributed by atoms with Crippen molar-refractivity contribution in [3.05, 3.63) is 46.3 Å². The van der Waals surface area contributed by atoms with Crippen molar-refractivity contribution >= 4 is 28.9 Å². The molecule has 0 aliphatic carbocycles. The van der Waals surface area contributed by atoms with Crippen LogP contribution in [0.2, 0.25) is 0 Å². The number of rotatable bonds is 0. The monoisotopic (exact) mass is 246 g/mol. The normalized spacial score (nSPS) is 14.2. The van der Waals surface area contributed by atoms with Gasteiger partial charge in [-0.1, -0.05) is 23.9 Å². The molecule has 1 aromatic carbocycles. The summed E-state index contributed by atoms with van der Waals surface area (Å²) in [6.45, 7) is 2.09. The quantitative estimate of drug-likeness (QED) is 0.700. The maximum absolute atomic E-state index is 12.0. The van der Waals surface area contributed by atoms with E-state index < -0.39 is 0 Å². The summed E-state index contributed by atoms with van der Waals surface area (Å²) < 4.78 is 1.13. The standard InChI is InChI=1S/C13H10OS2/c1-8-2-3-9-7-11(14)10-4-5-15-13(10)16-12(9)6-8/h2-6H,7H2,1H3. The molecule has 0 saturated carbocycles. The first-order valence-corrected chi connectivity index (χ1v) is 6.82. The van der Waals surface area contributed by atoms with E-state index in [1.165, 1.54) is 10.5 Å². The first-order chi connectivity index (χ1) is 7.74. The molecule has 3 heteroatoms. The molecule has 1 aliphatic heterocycles. The number of hydrogen-bond donors (Lipinski definition) is 0. The van der Waals surface area contributed by atoms with Gasteiger partial charge in [0.2, 0.25) is 0 Å². The minimum atomic E-state index is 0.242. The first-order valence-electron chi connectivity index (χ1n) is 5.12. The van der Waals surface area contributed by atoms with Gasteiger partial charge >= 0.3 is 0 Å². The molecular weight excluding hydrogens is 236 g/mol. The van der Waals surface area contributed by atoms with Crippen LogP contribution in [-0.4, -0.2) is 5.78 Å². The number of carbonyl (C=O) groups excluding carboxylic acids is 1. The van der Waals surface area contributed by atoms with E-state index in [1.807, 2.05) is 11.4 Å². The van der Waals surface area contributed by atoms with Crippen LogP contribution in [0, 0.1) is 6.92 Å². The second-order valence-corrected chi connectivity index (χ2v) is 6.16. The lowest BCUT2D eigenvalue weighted by molar-refractivity contribution is 0.0991. The summed E-state index contributed by atoms with van der Waals surface area (Å²) in [5.41, 5.74) is 3.30. The zero-order valence-electron chi connectivity index (χ0n) is 8.82. The fourth-order valence-corrected chi connectivity index (χ4v) is 4.12. The third kappa shape index (κ3) is 1.60. The average Bonchev–Trinajstić information content (AvgIpc) is 2.65. The van der Waals surface area contributed by atoms with E-state index in [0.717, 1.165) is 15.3 Å². The summed E-state index contributed by atoms with van der Waals surface area (Å²) >= 11 is 3.38. The molecule has 0 N–H and O–H groups in total. The molecule has 0 radical (unpaired) electrons. The smallest absolute Gasteiger partial charge is 0.169 e. The van der Waals surface area contributed by atoms with Gasteiger partial charge in [0.25, 0.3) is 0 Å². The molecule has 80 valence electrons. The van der Waals surface area contributed by atoms with E-state index in [9.17, 15) is 4.79 Å². The molecule has 2 aromatic rings. The number of hydrogen-bond acceptors (Lipinski definition) is 3. The van der Waals surface area contributed by atoms with E-state index in [4.69, 9.17) is 0 Å². The number of Topliss-reactive ketones (excluding diaryl/α,β-unsaturated/α-hetero) is 1. The van der Waals surface area contributed by atoms with E-state index in [-0.39, 0.29) is 5.78 Å². The molecular formula is C13H10OS2. The summed E-state index contributed by atoms with van der Waals surface area (Å²) in [5.74, 6) is 0.242. The summed E-state index contributed by atoms with van der Waals surface area (Å²) in [5, 5.41) is 2.00. The van der Waals surface area contributed by atoms with Crippen molar-refractivity contribution in [2.45, 2.75) is 22.4 Å². The Morgan fingerprint density at radius 3 is 3.00 bits per heavy atom. The Kier molecular flexibility index (Phi) is 2.37. The Bertz CT molecular complexity index is 569. The van der Waals surface area contributed by atoms with Gasteiger partial charge in [-0.25, -0.2) is 0 Å². The number of benzene rings is 1. The SMILES string of the molecule is Cc1ccc2c(c1)Sc1sccc1C(=O)C2. The number of ketones is 1. The van der Waals surface area contributed by atoms with Crippen LogP contribution in [0.3, 0.4) is 0 Å². The van der Waals surface area contributed by atoms with Gasteiger partial charge in [0.05, 0.1) is 4.21 Å². The molecule has 0 unspecified atom stereocenters. The van der Waals surface area contributed by atoms with Crippen LogP contribution in [0.5, 0.6) is 0 Å². The van der Waals surface area contributed by atoms with E-state index in [1.54, 1.807) is 23.1 Å². The van der Waals surface area contributed by atoms with Gasteiger partial charge in [0, 0.05) is 16.9 Å². The molecule has 16 heavy (non-hydrogen) atoms. The predicted octanol–water partition coefficient (Wildman–Crippen LogP) is 3.95. The van der Waals surface area contributed by atoms with Gasteiger partial charge < -0.3 is 0 Å². The molecule has 1 aromatic heterocycles. The summed E-state index contributed by atoms with van der Waals surface area (Å²) in [4.78, 5) is 13.2. The Balaban J connectivity index is 2.17. The van der Waals surface area contributed by atoms with Crippen molar-refractivity contribution in [2.75, 3.05) is 0 Å². The minimum Gasteiger partial charge on any atom is -0.294 e. The van der Waals surface area contributed by atoms with Gasteiger partial charge in [-0.15, -0.1) is 11.3 Å². The van der Waals surface area contributed by atoms with Crippen molar-refractivity contribution in [1.82, 2.24) is 0 Å². The summed E-state index contributed by atoms with van der Waals surface area (Å²) in [6, 6.07) is 8.26. The molecule has 0 atom stereocenters. The molecule has 0 saturated heterocycles. The summed E-state index contributed by atoms with van der Waals surface area (Å²) in [6.07, 6.45) is 0.534. The lowest BCUT2D eigenvalue weighted by Crippen LogP contribution is -2.01. The lowest BCUT2D eigenvalue weighted by atomic mass is 10.0. The highest BCUT2D eigenvalue weighted by Gasteiger charge is 2.21. The first kappa shape index (κ1) is 10.1. The van der Waals surface area contributed by atoms with Crippen molar-refractivity contribution < 1.29 is 4.79 Å². The Labute approximate surface area is 103 Å². The molecule has 1 nitrogen and oxygen atoms in total. The topological polar surface area (TPSA) is 17.1 Å². The second kappa shape index (κ2) is 3.75. The third-order valence-electron chi connectivity index (χ3n) is 2.71. The predicted molar refractivity (Wildman–Crippen MR) is 67.7 cm³/mol. The van der Waals surface area contributed by atoms with Gasteiger partial charge in [-0.2, -0.15) is 0 Å². The Morgan fingerprint density at radius 2 is 2.12 bits per heavy atom. The molecule has 1 aliphatic rings. The van der Waals surface area contributed by atoms with Crippen LogP contribution < -0.4 is 0 Å². The maximum atomic E-state index is 12.0. The summed E-state index contributed by atoms with van der Waals surface area (Å²) in [7, 11) is 0. The van der Waals surface area contributed by atoms with Crippen molar-refractivity contribution in [3.63, 3.8) is 0 Å². The Hall–Kier alpha value is -1.06. The second-order valence-electron chi connectivity index (χ2n) is 3.93. The van der Waals surface area contributed by atoms with Crippen LogP contribution in [0.4, 0.5) is 0 Å². The Morgan fingerprint density at radius 1 is 1.25 bits per heavy atom. The minimum absolute atomic E-state index is 0.242. The van der Waals surface area contributed by atoms with E-state index in [2.05, 4.69) is 25.1 Å². The van der Waals surface area contributed by atoms with Crippen molar-refractivity contribution in [2.24, 2.45) is 0 Å². The van der Waals surface area contributed by atoms with E-state index in [0.29, 0.717) is 6.42 Å². The zero-order chi connectivity index (χ0) is 11.1. The van der Waals surface area contributed by atoms with Crippen LogP contribution in [0.25, 0.3) is 0 Å². The van der Waals surface area contributed by atoms with Crippen LogP contribution in [-0.2, 0) is 6.42 Å². The maximum Gasteiger partial charge on any atom is 0.169 e. The average molecular weight is 246 g/mol. The molecule has 2 heterocycles. The van der Waals surface area contributed by atoms with Crippen molar-refractivity contribution in [1.29, 1.82) is 0 Å². The number of thiophene rings is 1. The van der Waals surface area contributed by atoms with Crippen LogP contribution in [0.15, 0.2) is 38.8 Å². The molecule has 0 amide bonds.